The van der Waals surface area contributed by atoms with Crippen LogP contribution in [0.25, 0.3) is 32.3 Å². The lowest BCUT2D eigenvalue weighted by molar-refractivity contribution is 0.279. The van der Waals surface area contributed by atoms with E-state index in [1.165, 1.54) is 26.2 Å². The van der Waals surface area contributed by atoms with Crippen molar-refractivity contribution in [1.82, 2.24) is 15.4 Å². The molecule has 0 heterocycles. The van der Waals surface area contributed by atoms with E-state index >= 15 is 0 Å². The Labute approximate surface area is 225 Å². The van der Waals surface area contributed by atoms with Gasteiger partial charge in [-0.2, -0.15) is 0 Å². The number of hydrogen-bond donors (Lipinski definition) is 5. The van der Waals surface area contributed by atoms with Crippen molar-refractivity contribution in [2.24, 2.45) is 15.4 Å². The van der Waals surface area contributed by atoms with Crippen molar-refractivity contribution < 1.29 is 33.7 Å². The number of hydrazine groups is 2. The fourth-order valence-corrected chi connectivity index (χ4v) is 10.6. The Kier molecular flexibility index (Phi) is 7.21. The molecule has 0 aliphatic heterocycles. The molecule has 0 saturated carbocycles. The zero-order valence-electron chi connectivity index (χ0n) is 20.9. The van der Waals surface area contributed by atoms with Crippen molar-refractivity contribution >= 4 is 72.4 Å². The summed E-state index contributed by atoms with van der Waals surface area (Å²) < 4.78 is 107. The van der Waals surface area contributed by atoms with Crippen LogP contribution in [0.3, 0.4) is 0 Å². The van der Waals surface area contributed by atoms with Crippen molar-refractivity contribution in [1.29, 1.82) is 0 Å². The number of sulfonamides is 4. The third kappa shape index (κ3) is 4.55. The summed E-state index contributed by atoms with van der Waals surface area (Å²) in [6.07, 6.45) is 0.497. The molecule has 212 valence electrons. The Hall–Kier alpha value is -2.52. The van der Waals surface area contributed by atoms with Gasteiger partial charge in [-0.3, -0.25) is 0 Å². The Morgan fingerprint density at radius 3 is 1.72 bits per heavy atom. The molecule has 0 saturated heterocycles. The summed E-state index contributed by atoms with van der Waals surface area (Å²) in [7, 11) is -17.7. The van der Waals surface area contributed by atoms with Crippen LogP contribution in [-0.2, 0) is 46.5 Å². The molecule has 39 heavy (non-hydrogen) atoms. The second-order valence-corrected chi connectivity index (χ2v) is 14.9. The highest BCUT2D eigenvalue weighted by atomic mass is 32.2. The normalized spacial score (nSPS) is 13.8. The average molecular weight is 619 g/mol. The average Bonchev–Trinajstić information content (AvgIpc) is 2.80. The van der Waals surface area contributed by atoms with Crippen molar-refractivity contribution in [2.75, 3.05) is 14.1 Å². The topological polar surface area (TPSA) is 242 Å². The summed E-state index contributed by atoms with van der Waals surface area (Å²) in [6.45, 7) is 1.75. The smallest absolute Gasteiger partial charge is 0.230 e. The number of benzene rings is 4. The number of primary sulfonamides is 3. The van der Waals surface area contributed by atoms with Gasteiger partial charge in [0.2, 0.25) is 30.1 Å². The first-order valence-electron chi connectivity index (χ1n) is 11.2. The van der Waals surface area contributed by atoms with Crippen LogP contribution in [-0.4, -0.2) is 52.3 Å². The highest BCUT2D eigenvalue weighted by Crippen LogP contribution is 2.48. The number of nitrogens with zero attached hydrogens (tertiary/aromatic N) is 1. The van der Waals surface area contributed by atoms with Gasteiger partial charge in [-0.25, -0.2) is 59.9 Å². The van der Waals surface area contributed by atoms with E-state index in [9.17, 15) is 33.7 Å². The van der Waals surface area contributed by atoms with Crippen LogP contribution in [0.5, 0.6) is 0 Å². The third-order valence-electron chi connectivity index (χ3n) is 6.26. The molecule has 4 aromatic carbocycles. The molecule has 0 bridgehead atoms. The van der Waals surface area contributed by atoms with Crippen LogP contribution >= 0.6 is 0 Å². The molecule has 4 aromatic rings. The minimum Gasteiger partial charge on any atom is -0.230 e. The summed E-state index contributed by atoms with van der Waals surface area (Å²) in [5, 5.41) is 16.6. The molecular formula is C21H26N6O8S4. The predicted molar refractivity (Wildman–Crippen MR) is 145 cm³/mol. The molecule has 0 amide bonds. The molecule has 0 aliphatic rings. The molecular weight excluding hydrogens is 593 g/mol. The lowest BCUT2D eigenvalue weighted by Gasteiger charge is -2.26. The van der Waals surface area contributed by atoms with Crippen LogP contribution in [0.4, 0.5) is 0 Å². The lowest BCUT2D eigenvalue weighted by Crippen LogP contribution is -2.48. The van der Waals surface area contributed by atoms with Crippen LogP contribution < -0.4 is 26.3 Å². The Bertz CT molecular complexity index is 2090. The Morgan fingerprint density at radius 2 is 1.23 bits per heavy atom. The van der Waals surface area contributed by atoms with Gasteiger partial charge in [-0.1, -0.05) is 48.2 Å². The van der Waals surface area contributed by atoms with Crippen molar-refractivity contribution in [3.63, 3.8) is 0 Å². The monoisotopic (exact) mass is 618 g/mol. The first-order chi connectivity index (χ1) is 17.9. The SMILES string of the molecule is CCCc1c(S(N)(=O)=O)c2c(S(N)(=O)=O)c(S(N)(=O)=O)c(S(=O)(=O)N(NC)NC)c3ccc4cccc1c4c32. The van der Waals surface area contributed by atoms with Gasteiger partial charge in [-0.05, 0) is 28.1 Å². The number of aryl methyl sites for hydroxylation is 1. The first-order valence-corrected chi connectivity index (χ1v) is 17.3. The van der Waals surface area contributed by atoms with Gasteiger partial charge in [0, 0.05) is 30.3 Å². The molecule has 0 spiro atoms. The van der Waals surface area contributed by atoms with Gasteiger partial charge in [0.15, 0.2) is 0 Å². The maximum Gasteiger partial charge on any atom is 0.271 e. The summed E-state index contributed by atoms with van der Waals surface area (Å²) in [5.74, 6) is 0. The van der Waals surface area contributed by atoms with E-state index in [2.05, 4.69) is 10.9 Å². The maximum absolute atomic E-state index is 13.8. The molecule has 0 aromatic heterocycles. The van der Waals surface area contributed by atoms with Gasteiger partial charge in [-0.15, -0.1) is 0 Å². The van der Waals surface area contributed by atoms with E-state index in [4.69, 9.17) is 15.4 Å². The van der Waals surface area contributed by atoms with Crippen molar-refractivity contribution in [3.05, 3.63) is 35.9 Å². The van der Waals surface area contributed by atoms with Crippen molar-refractivity contribution in [3.8, 4) is 0 Å². The molecule has 0 atom stereocenters. The van der Waals surface area contributed by atoms with Gasteiger partial charge < -0.3 is 0 Å². The molecule has 4 rings (SSSR count). The van der Waals surface area contributed by atoms with Crippen LogP contribution in [0.2, 0.25) is 0 Å². The minimum absolute atomic E-state index is 0.100. The van der Waals surface area contributed by atoms with Gasteiger partial charge >= 0.3 is 0 Å². The highest BCUT2D eigenvalue weighted by molar-refractivity contribution is 7.94. The van der Waals surface area contributed by atoms with Crippen LogP contribution in [0, 0.1) is 0 Å². The van der Waals surface area contributed by atoms with E-state index in [-0.39, 0.29) is 22.8 Å². The zero-order chi connectivity index (χ0) is 29.3. The highest BCUT2D eigenvalue weighted by Gasteiger charge is 2.41. The number of nitrogens with one attached hydrogen (secondary N) is 2. The van der Waals surface area contributed by atoms with Crippen LogP contribution in [0.1, 0.15) is 18.9 Å². The van der Waals surface area contributed by atoms with Gasteiger partial charge in [0.25, 0.3) is 10.0 Å². The summed E-state index contributed by atoms with van der Waals surface area (Å²) in [5.41, 5.74) is 4.76. The van der Waals surface area contributed by atoms with E-state index in [1.54, 1.807) is 25.1 Å². The molecule has 8 N–H and O–H groups in total. The van der Waals surface area contributed by atoms with Gasteiger partial charge in [0.1, 0.15) is 14.7 Å². The zero-order valence-corrected chi connectivity index (χ0v) is 24.1. The second kappa shape index (κ2) is 9.54. The summed E-state index contributed by atoms with van der Waals surface area (Å²) >= 11 is 0. The molecule has 14 nitrogen and oxygen atoms in total. The number of hydrogen-bond acceptors (Lipinski definition) is 10. The largest absolute Gasteiger partial charge is 0.271 e. The lowest BCUT2D eigenvalue weighted by atomic mass is 9.89. The molecule has 0 aliphatic carbocycles. The van der Waals surface area contributed by atoms with Crippen molar-refractivity contribution in [2.45, 2.75) is 39.3 Å². The minimum atomic E-state index is -5.21. The Morgan fingerprint density at radius 1 is 0.667 bits per heavy atom. The van der Waals surface area contributed by atoms with E-state index in [0.29, 0.717) is 27.1 Å². The Balaban J connectivity index is 2.65. The maximum atomic E-state index is 13.8. The standard InChI is InChI=1S/C21H26N6O8S4/c1-4-6-13-12-8-5-7-11-9-10-14-16(15(11)12)17(18(13)36(22,28)29)20(37(23,30)31)21(38(24,32)33)19(14)39(34,35)27(25-2)26-3/h5,7-10,25-26H,4,6H2,1-3H3,(H2,22,28,29)(H2,23,30,31)(H2,24,32,33). The number of rotatable bonds is 9. The fraction of sp³-hybridized carbons (Fsp3) is 0.238. The van der Waals surface area contributed by atoms with E-state index < -0.39 is 65.1 Å². The first kappa shape index (κ1) is 29.5. The third-order valence-corrected chi connectivity index (χ3v) is 11.3. The van der Waals surface area contributed by atoms with E-state index in [1.807, 2.05) is 0 Å². The molecule has 0 radical (unpaired) electrons. The van der Waals surface area contributed by atoms with E-state index in [0.717, 1.165) is 0 Å². The molecule has 0 unspecified atom stereocenters. The van der Waals surface area contributed by atoms with Gasteiger partial charge in [0.05, 0.1) is 4.90 Å². The number of nitrogens with two attached hydrogens (primary N) is 3. The summed E-state index contributed by atoms with van der Waals surface area (Å²) in [6, 6.07) is 7.63. The predicted octanol–water partition coefficient (Wildman–Crippen LogP) is -0.262. The van der Waals surface area contributed by atoms with Crippen LogP contribution in [0.15, 0.2) is 49.9 Å². The molecule has 18 heteroatoms. The summed E-state index contributed by atoms with van der Waals surface area (Å²) in [4.78, 5) is -4.39. The fourth-order valence-electron chi connectivity index (χ4n) is 5.06. The second-order valence-electron chi connectivity index (χ2n) is 8.66. The quantitative estimate of drug-likeness (QED) is 0.121. The molecule has 0 fully saturated rings.